The van der Waals surface area contributed by atoms with E-state index in [-0.39, 0.29) is 23.5 Å². The molecule has 0 bridgehead atoms. The van der Waals surface area contributed by atoms with Gasteiger partial charge >= 0.3 is 0 Å². The van der Waals surface area contributed by atoms with Crippen LogP contribution in [0.15, 0.2) is 24.5 Å². The maximum atomic E-state index is 14.0. The fourth-order valence-electron chi connectivity index (χ4n) is 2.83. The average Bonchev–Trinajstić information content (AvgIpc) is 3.13. The molecule has 3 rings (SSSR count). The molecule has 0 unspecified atom stereocenters. The number of rotatable bonds is 7. The Hall–Kier alpha value is -3.78. The second-order valence-electron chi connectivity index (χ2n) is 7.45. The van der Waals surface area contributed by atoms with Crippen molar-refractivity contribution in [3.8, 4) is 11.9 Å². The molecule has 0 spiro atoms. The number of aliphatic hydroxyl groups is 1. The van der Waals surface area contributed by atoms with Crippen LogP contribution in [-0.2, 0) is 0 Å². The summed E-state index contributed by atoms with van der Waals surface area (Å²) in [7, 11) is 0. The molecule has 0 saturated carbocycles. The largest absolute Gasteiger partial charge is 0.387 e. The summed E-state index contributed by atoms with van der Waals surface area (Å²) in [6.07, 6.45) is 1.26. The van der Waals surface area contributed by atoms with Gasteiger partial charge in [-0.2, -0.15) is 15.0 Å². The van der Waals surface area contributed by atoms with Gasteiger partial charge in [-0.05, 0) is 26.8 Å². The lowest BCUT2D eigenvalue weighted by molar-refractivity contribution is -0.00177. The Morgan fingerprint density at radius 3 is 2.81 bits per heavy atom. The number of hydrogen-bond acceptors (Lipinski definition) is 8. The molecule has 11 heteroatoms. The van der Waals surface area contributed by atoms with Crippen LogP contribution in [0.25, 0.3) is 16.9 Å². The van der Waals surface area contributed by atoms with Crippen LogP contribution in [-0.4, -0.2) is 55.6 Å². The first-order valence-electron chi connectivity index (χ1n) is 9.59. The fraction of sp³-hybridized carbons (Fsp3) is 0.350. The van der Waals surface area contributed by atoms with E-state index in [0.29, 0.717) is 29.1 Å². The van der Waals surface area contributed by atoms with Crippen molar-refractivity contribution in [2.75, 3.05) is 24.1 Å². The summed E-state index contributed by atoms with van der Waals surface area (Å²) in [4.78, 5) is 21.1. The quantitative estimate of drug-likeness (QED) is 0.443. The van der Waals surface area contributed by atoms with Crippen LogP contribution in [0, 0.1) is 11.3 Å². The van der Waals surface area contributed by atoms with Crippen LogP contribution in [0.1, 0.15) is 36.7 Å². The number of carbonyl (C=O) groups excluding carboxylic acids is 1. The van der Waals surface area contributed by atoms with Gasteiger partial charge in [0.15, 0.2) is 11.5 Å². The first-order valence-corrected chi connectivity index (χ1v) is 9.59. The Bertz CT molecular complexity index is 1160. The Kier molecular flexibility index (Phi) is 6.03. The van der Waals surface area contributed by atoms with Gasteiger partial charge in [0, 0.05) is 24.2 Å². The summed E-state index contributed by atoms with van der Waals surface area (Å²) in [5.41, 5.74) is 5.59. The van der Waals surface area contributed by atoms with E-state index in [1.165, 1.54) is 30.9 Å². The molecular weight excluding hydrogens is 403 g/mol. The number of carbonyl (C=O) groups is 1. The summed E-state index contributed by atoms with van der Waals surface area (Å²) < 4.78 is 15.4. The van der Waals surface area contributed by atoms with Crippen LogP contribution in [0.2, 0.25) is 0 Å². The number of halogens is 1. The standard InChI is InChI=1S/C20H23FN8O2/c1-4-24-14-6-16(25-9-13(14)19(30)26-10-15(21)20(2,3)31)29-18-12(8-27-29)5-11(7-22)17(23)28-18/h5-6,8-9,15,31H,4,10H2,1-3H3,(H2,23,28)(H,24,25)(H,26,30)/t15-/m1/s1. The second-order valence-corrected chi connectivity index (χ2v) is 7.45. The lowest BCUT2D eigenvalue weighted by Crippen LogP contribution is -2.42. The van der Waals surface area contributed by atoms with Crippen molar-refractivity contribution in [3.05, 3.63) is 35.7 Å². The fourth-order valence-corrected chi connectivity index (χ4v) is 2.83. The lowest BCUT2D eigenvalue weighted by Gasteiger charge is -2.22. The van der Waals surface area contributed by atoms with Crippen LogP contribution < -0.4 is 16.4 Å². The number of aromatic nitrogens is 4. The number of nitrogens with zero attached hydrogens (tertiary/aromatic N) is 5. The van der Waals surface area contributed by atoms with Crippen molar-refractivity contribution in [3.63, 3.8) is 0 Å². The highest BCUT2D eigenvalue weighted by Crippen LogP contribution is 2.23. The van der Waals surface area contributed by atoms with Crippen molar-refractivity contribution < 1.29 is 14.3 Å². The molecule has 10 nitrogen and oxygen atoms in total. The predicted octanol–water partition coefficient (Wildman–Crippen LogP) is 1.54. The third kappa shape index (κ3) is 4.54. The molecule has 31 heavy (non-hydrogen) atoms. The van der Waals surface area contributed by atoms with Crippen LogP contribution in [0.3, 0.4) is 0 Å². The average molecular weight is 426 g/mol. The summed E-state index contributed by atoms with van der Waals surface area (Å²) in [5, 5.41) is 29.2. The minimum atomic E-state index is -1.63. The molecule has 3 aromatic heterocycles. The monoisotopic (exact) mass is 426 g/mol. The molecule has 3 aromatic rings. The van der Waals surface area contributed by atoms with Gasteiger partial charge < -0.3 is 21.5 Å². The summed E-state index contributed by atoms with van der Waals surface area (Å²) >= 11 is 0. The molecule has 0 fully saturated rings. The van der Waals surface area contributed by atoms with Crippen molar-refractivity contribution in [2.45, 2.75) is 32.5 Å². The third-order valence-electron chi connectivity index (χ3n) is 4.62. The zero-order valence-electron chi connectivity index (χ0n) is 17.3. The zero-order chi connectivity index (χ0) is 22.8. The Balaban J connectivity index is 1.94. The number of anilines is 2. The van der Waals surface area contributed by atoms with Crippen LogP contribution in [0.4, 0.5) is 15.9 Å². The number of nitriles is 1. The van der Waals surface area contributed by atoms with Gasteiger partial charge in [-0.1, -0.05) is 0 Å². The summed E-state index contributed by atoms with van der Waals surface area (Å²) in [6, 6.07) is 5.18. The van der Waals surface area contributed by atoms with Crippen molar-refractivity contribution in [1.29, 1.82) is 5.26 Å². The van der Waals surface area contributed by atoms with Gasteiger partial charge in [0.2, 0.25) is 0 Å². The molecule has 0 aliphatic heterocycles. The van der Waals surface area contributed by atoms with E-state index in [1.54, 1.807) is 12.1 Å². The molecule has 162 valence electrons. The zero-order valence-corrected chi connectivity index (χ0v) is 17.3. The molecule has 1 amide bonds. The Morgan fingerprint density at radius 2 is 2.16 bits per heavy atom. The van der Waals surface area contributed by atoms with E-state index < -0.39 is 17.7 Å². The molecule has 0 saturated heterocycles. The van der Waals surface area contributed by atoms with Gasteiger partial charge in [-0.3, -0.25) is 4.79 Å². The number of fused-ring (bicyclic) bond motifs is 1. The smallest absolute Gasteiger partial charge is 0.255 e. The SMILES string of the molecule is CCNc1cc(-n2ncc3cc(C#N)c(N)nc32)ncc1C(=O)NC[C@@H](F)C(C)(C)O. The van der Waals surface area contributed by atoms with E-state index in [4.69, 9.17) is 11.0 Å². The Morgan fingerprint density at radius 1 is 1.42 bits per heavy atom. The highest BCUT2D eigenvalue weighted by Gasteiger charge is 2.27. The van der Waals surface area contributed by atoms with E-state index in [0.717, 1.165) is 0 Å². The first-order chi connectivity index (χ1) is 14.7. The number of nitrogen functional groups attached to an aromatic ring is 1. The first kappa shape index (κ1) is 21.9. The van der Waals surface area contributed by atoms with Crippen LogP contribution in [0.5, 0.6) is 0 Å². The predicted molar refractivity (Wildman–Crippen MR) is 113 cm³/mol. The van der Waals surface area contributed by atoms with E-state index in [1.807, 2.05) is 13.0 Å². The highest BCUT2D eigenvalue weighted by atomic mass is 19.1. The highest BCUT2D eigenvalue weighted by molar-refractivity contribution is 5.99. The lowest BCUT2D eigenvalue weighted by atomic mass is 10.0. The number of amides is 1. The molecule has 5 N–H and O–H groups in total. The minimum absolute atomic E-state index is 0.0761. The third-order valence-corrected chi connectivity index (χ3v) is 4.62. The molecule has 0 aliphatic carbocycles. The van der Waals surface area contributed by atoms with E-state index >= 15 is 0 Å². The number of nitrogens with one attached hydrogen (secondary N) is 2. The van der Waals surface area contributed by atoms with Crippen molar-refractivity contribution in [2.24, 2.45) is 0 Å². The second kappa shape index (κ2) is 8.53. The van der Waals surface area contributed by atoms with E-state index in [2.05, 4.69) is 25.7 Å². The number of pyridine rings is 2. The molecule has 0 aliphatic rings. The molecule has 3 heterocycles. The number of nitrogens with two attached hydrogens (primary N) is 1. The summed E-state index contributed by atoms with van der Waals surface area (Å²) in [6.45, 7) is 4.71. The molecule has 1 atom stereocenters. The van der Waals surface area contributed by atoms with Crippen LogP contribution >= 0.6 is 0 Å². The molecule has 0 radical (unpaired) electrons. The van der Waals surface area contributed by atoms with Gasteiger partial charge in [-0.15, -0.1) is 0 Å². The number of hydrogen-bond donors (Lipinski definition) is 4. The maximum Gasteiger partial charge on any atom is 0.255 e. The summed E-state index contributed by atoms with van der Waals surface area (Å²) in [5.74, 6) is -0.0838. The molecule has 0 aromatic carbocycles. The van der Waals surface area contributed by atoms with Gasteiger partial charge in [-0.25, -0.2) is 14.4 Å². The maximum absolute atomic E-state index is 14.0. The van der Waals surface area contributed by atoms with Gasteiger partial charge in [0.1, 0.15) is 18.1 Å². The van der Waals surface area contributed by atoms with Gasteiger partial charge in [0.05, 0.1) is 35.2 Å². The van der Waals surface area contributed by atoms with Gasteiger partial charge in [0.25, 0.3) is 5.91 Å². The van der Waals surface area contributed by atoms with Crippen molar-refractivity contribution >= 4 is 28.4 Å². The molecular formula is C20H23FN8O2. The minimum Gasteiger partial charge on any atom is -0.387 e. The van der Waals surface area contributed by atoms with E-state index in [9.17, 15) is 14.3 Å². The van der Waals surface area contributed by atoms with Crippen molar-refractivity contribution in [1.82, 2.24) is 25.1 Å². The Labute approximate surface area is 177 Å². The normalized spacial score (nSPS) is 12.4. The number of alkyl halides is 1. The topological polar surface area (TPSA) is 155 Å².